The molecule has 0 aliphatic carbocycles. The topological polar surface area (TPSA) is 75.4 Å². The van der Waals surface area contributed by atoms with Gasteiger partial charge in [-0.1, -0.05) is 32.0 Å². The molecule has 6 heteroatoms. The summed E-state index contributed by atoms with van der Waals surface area (Å²) in [5.74, 6) is 0.0396. The maximum Gasteiger partial charge on any atom is 0.249 e. The first-order valence-electron chi connectivity index (χ1n) is 7.84. The number of carbonyl (C=O) groups excluding carboxylic acids is 2. The molecular formula is C17H26ClN3O2. The van der Waals surface area contributed by atoms with Gasteiger partial charge in [0.1, 0.15) is 6.04 Å². The molecule has 1 aromatic carbocycles. The van der Waals surface area contributed by atoms with Crippen molar-refractivity contribution in [2.75, 3.05) is 4.90 Å². The molecule has 2 rings (SSSR count). The van der Waals surface area contributed by atoms with Gasteiger partial charge in [0.15, 0.2) is 0 Å². The number of anilines is 1. The number of nitrogens with one attached hydrogen (secondary N) is 1. The Hall–Kier alpha value is -1.59. The Morgan fingerprint density at radius 2 is 1.96 bits per heavy atom. The highest BCUT2D eigenvalue weighted by atomic mass is 35.5. The van der Waals surface area contributed by atoms with Crippen LogP contribution in [0, 0.1) is 5.92 Å². The van der Waals surface area contributed by atoms with Gasteiger partial charge in [0.25, 0.3) is 0 Å². The number of benzene rings is 1. The first kappa shape index (κ1) is 19.5. The van der Waals surface area contributed by atoms with Crippen molar-refractivity contribution in [2.24, 2.45) is 11.7 Å². The summed E-state index contributed by atoms with van der Waals surface area (Å²) >= 11 is 0. The highest BCUT2D eigenvalue weighted by Gasteiger charge is 2.39. The fourth-order valence-electron chi connectivity index (χ4n) is 2.92. The zero-order valence-corrected chi connectivity index (χ0v) is 14.7. The maximum atomic E-state index is 12.6. The molecule has 1 aliphatic rings. The van der Waals surface area contributed by atoms with Crippen LogP contribution in [0.25, 0.3) is 0 Å². The molecule has 1 fully saturated rings. The molecule has 0 saturated carbocycles. The van der Waals surface area contributed by atoms with Crippen molar-refractivity contribution in [3.63, 3.8) is 0 Å². The number of amides is 2. The van der Waals surface area contributed by atoms with Gasteiger partial charge in [-0.15, -0.1) is 12.4 Å². The molecule has 2 unspecified atom stereocenters. The number of carbonyl (C=O) groups is 2. The van der Waals surface area contributed by atoms with Crippen LogP contribution in [0.5, 0.6) is 0 Å². The van der Waals surface area contributed by atoms with Crippen LogP contribution >= 0.6 is 12.4 Å². The van der Waals surface area contributed by atoms with Crippen molar-refractivity contribution in [3.8, 4) is 0 Å². The first-order chi connectivity index (χ1) is 10.4. The average Bonchev–Trinajstić information content (AvgIpc) is 2.73. The maximum absolute atomic E-state index is 12.6. The SMILES string of the molecule is CC(C)C[C@H](N)C(=O)NC1CC(C)N(c2ccccc2)C1=O.Cl. The second kappa shape index (κ2) is 8.31. The van der Waals surface area contributed by atoms with E-state index in [1.807, 2.05) is 51.1 Å². The molecule has 3 N–H and O–H groups in total. The third kappa shape index (κ3) is 4.69. The van der Waals surface area contributed by atoms with Crippen molar-refractivity contribution < 1.29 is 9.59 Å². The standard InChI is InChI=1S/C17H25N3O2.ClH/c1-11(2)9-14(18)16(21)19-15-10-12(3)20(17(15)22)13-7-5-4-6-8-13;/h4-8,11-12,14-15H,9-10,18H2,1-3H3,(H,19,21);1H/t12?,14-,15?;/m0./s1. The lowest BCUT2D eigenvalue weighted by Gasteiger charge is -2.21. The number of hydrogen-bond acceptors (Lipinski definition) is 3. The molecular weight excluding hydrogens is 314 g/mol. The molecule has 23 heavy (non-hydrogen) atoms. The van der Waals surface area contributed by atoms with Gasteiger partial charge >= 0.3 is 0 Å². The van der Waals surface area contributed by atoms with Crippen molar-refractivity contribution >= 4 is 29.9 Å². The highest BCUT2D eigenvalue weighted by molar-refractivity contribution is 6.02. The summed E-state index contributed by atoms with van der Waals surface area (Å²) < 4.78 is 0. The summed E-state index contributed by atoms with van der Waals surface area (Å²) in [6.45, 7) is 6.03. The lowest BCUT2D eigenvalue weighted by atomic mass is 10.0. The predicted octanol–water partition coefficient (Wildman–Crippen LogP) is 2.09. The van der Waals surface area contributed by atoms with E-state index in [4.69, 9.17) is 5.73 Å². The quantitative estimate of drug-likeness (QED) is 0.862. The minimum absolute atomic E-state index is 0. The third-order valence-electron chi connectivity index (χ3n) is 3.97. The summed E-state index contributed by atoms with van der Waals surface area (Å²) in [5.41, 5.74) is 6.75. The van der Waals surface area contributed by atoms with Crippen LogP contribution in [0.2, 0.25) is 0 Å². The Kier molecular flexibility index (Phi) is 7.03. The van der Waals surface area contributed by atoms with Gasteiger partial charge in [-0.2, -0.15) is 0 Å². The van der Waals surface area contributed by atoms with Crippen LogP contribution in [0.15, 0.2) is 30.3 Å². The summed E-state index contributed by atoms with van der Waals surface area (Å²) in [6.07, 6.45) is 1.22. The van der Waals surface area contributed by atoms with Crippen LogP contribution in [0.3, 0.4) is 0 Å². The number of nitrogens with zero attached hydrogens (tertiary/aromatic N) is 1. The number of para-hydroxylation sites is 1. The second-order valence-electron chi connectivity index (χ2n) is 6.43. The smallest absolute Gasteiger partial charge is 0.249 e. The fraction of sp³-hybridized carbons (Fsp3) is 0.529. The number of hydrogen-bond donors (Lipinski definition) is 2. The van der Waals surface area contributed by atoms with E-state index in [1.165, 1.54) is 0 Å². The summed E-state index contributed by atoms with van der Waals surface area (Å²) in [7, 11) is 0. The highest BCUT2D eigenvalue weighted by Crippen LogP contribution is 2.26. The van der Waals surface area contributed by atoms with Gasteiger partial charge in [-0.25, -0.2) is 0 Å². The molecule has 128 valence electrons. The minimum atomic E-state index is -0.561. The Bertz CT molecular complexity index is 536. The van der Waals surface area contributed by atoms with E-state index in [0.717, 1.165) is 5.69 Å². The molecule has 0 aromatic heterocycles. The molecule has 5 nitrogen and oxygen atoms in total. The zero-order chi connectivity index (χ0) is 16.3. The molecule has 1 aliphatic heterocycles. The van der Waals surface area contributed by atoms with E-state index < -0.39 is 12.1 Å². The van der Waals surface area contributed by atoms with Crippen molar-refractivity contribution in [2.45, 2.75) is 51.7 Å². The average molecular weight is 340 g/mol. The lowest BCUT2D eigenvalue weighted by molar-refractivity contribution is -0.127. The van der Waals surface area contributed by atoms with Gasteiger partial charge in [-0.3, -0.25) is 9.59 Å². The van der Waals surface area contributed by atoms with Crippen LogP contribution in [-0.4, -0.2) is 29.9 Å². The van der Waals surface area contributed by atoms with Gasteiger partial charge < -0.3 is 16.0 Å². The Labute approximate surface area is 144 Å². The third-order valence-corrected chi connectivity index (χ3v) is 3.97. The van der Waals surface area contributed by atoms with E-state index in [9.17, 15) is 9.59 Å². The van der Waals surface area contributed by atoms with Gasteiger partial charge in [0.05, 0.1) is 6.04 Å². The Morgan fingerprint density at radius 3 is 2.52 bits per heavy atom. The molecule has 0 radical (unpaired) electrons. The molecule has 1 heterocycles. The second-order valence-corrected chi connectivity index (χ2v) is 6.43. The molecule has 0 spiro atoms. The minimum Gasteiger partial charge on any atom is -0.343 e. The summed E-state index contributed by atoms with van der Waals surface area (Å²) in [4.78, 5) is 26.4. The molecule has 3 atom stereocenters. The number of nitrogens with two attached hydrogens (primary N) is 1. The van der Waals surface area contributed by atoms with Crippen LogP contribution < -0.4 is 16.0 Å². The molecule has 0 bridgehead atoms. The van der Waals surface area contributed by atoms with E-state index in [1.54, 1.807) is 4.90 Å². The van der Waals surface area contributed by atoms with Crippen molar-refractivity contribution in [1.82, 2.24) is 5.32 Å². The number of halogens is 1. The zero-order valence-electron chi connectivity index (χ0n) is 13.9. The fourth-order valence-corrected chi connectivity index (χ4v) is 2.92. The van der Waals surface area contributed by atoms with Crippen molar-refractivity contribution in [1.29, 1.82) is 0 Å². The van der Waals surface area contributed by atoms with Crippen LogP contribution in [0.1, 0.15) is 33.6 Å². The Morgan fingerprint density at radius 1 is 1.35 bits per heavy atom. The van der Waals surface area contributed by atoms with Gasteiger partial charge in [0, 0.05) is 11.7 Å². The summed E-state index contributed by atoms with van der Waals surface area (Å²) in [5, 5.41) is 2.81. The van der Waals surface area contributed by atoms with E-state index in [0.29, 0.717) is 18.8 Å². The Balaban J connectivity index is 0.00000264. The molecule has 1 saturated heterocycles. The van der Waals surface area contributed by atoms with Gasteiger partial charge in [-0.05, 0) is 37.8 Å². The van der Waals surface area contributed by atoms with E-state index in [-0.39, 0.29) is 30.3 Å². The molecule has 2 amide bonds. The van der Waals surface area contributed by atoms with E-state index >= 15 is 0 Å². The largest absolute Gasteiger partial charge is 0.343 e. The van der Waals surface area contributed by atoms with Crippen LogP contribution in [0.4, 0.5) is 5.69 Å². The summed E-state index contributed by atoms with van der Waals surface area (Å²) in [6, 6.07) is 8.54. The predicted molar refractivity (Wildman–Crippen MR) is 94.6 cm³/mol. The van der Waals surface area contributed by atoms with E-state index in [2.05, 4.69) is 5.32 Å². The normalized spacial score (nSPS) is 22.0. The first-order valence-corrected chi connectivity index (χ1v) is 7.84. The molecule has 1 aromatic rings. The van der Waals surface area contributed by atoms with Crippen molar-refractivity contribution in [3.05, 3.63) is 30.3 Å². The monoisotopic (exact) mass is 339 g/mol. The lowest BCUT2D eigenvalue weighted by Crippen LogP contribution is -2.48. The number of rotatable bonds is 5. The van der Waals surface area contributed by atoms with Gasteiger partial charge in [0.2, 0.25) is 11.8 Å². The van der Waals surface area contributed by atoms with Crippen LogP contribution in [-0.2, 0) is 9.59 Å².